The third kappa shape index (κ3) is 4.35. The summed E-state index contributed by atoms with van der Waals surface area (Å²) < 4.78 is 6.11. The predicted octanol–water partition coefficient (Wildman–Crippen LogP) is 6.57. The highest BCUT2D eigenvalue weighted by atomic mass is 35.5. The molecule has 0 spiro atoms. The van der Waals surface area contributed by atoms with Gasteiger partial charge in [0, 0.05) is 10.6 Å². The Balaban J connectivity index is 2.14. The van der Waals surface area contributed by atoms with Crippen LogP contribution in [-0.4, -0.2) is 17.7 Å². The number of hydrogen-bond donors (Lipinski definition) is 1. The van der Waals surface area contributed by atoms with E-state index in [0.717, 1.165) is 16.9 Å². The van der Waals surface area contributed by atoms with Crippen molar-refractivity contribution in [2.24, 2.45) is 11.8 Å². The second-order valence-corrected chi connectivity index (χ2v) is 8.69. The fourth-order valence-electron chi connectivity index (χ4n) is 3.87. The van der Waals surface area contributed by atoms with Crippen LogP contribution in [0.1, 0.15) is 52.0 Å². The van der Waals surface area contributed by atoms with Gasteiger partial charge in [-0.1, -0.05) is 62.7 Å². The molecule has 3 nitrogen and oxygen atoms in total. The van der Waals surface area contributed by atoms with Crippen molar-refractivity contribution < 1.29 is 14.6 Å². The zero-order valence-electron chi connectivity index (χ0n) is 16.9. The number of carboxylic acid groups (broad SMARTS) is 1. The molecule has 1 fully saturated rings. The predicted molar refractivity (Wildman–Crippen MR) is 114 cm³/mol. The van der Waals surface area contributed by atoms with Crippen LogP contribution in [0.15, 0.2) is 42.5 Å². The zero-order chi connectivity index (χ0) is 20.3. The number of aliphatic carboxylic acids is 1. The van der Waals surface area contributed by atoms with Crippen molar-refractivity contribution in [1.82, 2.24) is 0 Å². The molecular weight excluding hydrogens is 372 g/mol. The molecule has 2 aromatic carbocycles. The van der Waals surface area contributed by atoms with E-state index < -0.39 is 11.4 Å². The average molecular weight is 401 g/mol. The van der Waals surface area contributed by atoms with Gasteiger partial charge >= 0.3 is 5.97 Å². The van der Waals surface area contributed by atoms with Crippen molar-refractivity contribution >= 4 is 17.6 Å². The van der Waals surface area contributed by atoms with Crippen molar-refractivity contribution in [3.8, 4) is 16.9 Å². The first kappa shape index (κ1) is 20.7. The van der Waals surface area contributed by atoms with Crippen LogP contribution in [-0.2, 0) is 10.2 Å². The van der Waals surface area contributed by atoms with Gasteiger partial charge in [-0.2, -0.15) is 0 Å². The molecule has 0 aliphatic heterocycles. The van der Waals surface area contributed by atoms with E-state index in [1.54, 1.807) is 0 Å². The maximum atomic E-state index is 12.4. The number of ether oxygens (including phenoxy) is 1. The SMILES string of the molecule is CCC(CC(C)C)(C(=O)O)c1cc(-c2ccccc2)c(OCC2CC2)cc1Cl. The molecule has 3 rings (SSSR count). The Hall–Kier alpha value is -2.00. The van der Waals surface area contributed by atoms with Crippen molar-refractivity contribution in [2.75, 3.05) is 6.61 Å². The Kier molecular flexibility index (Phi) is 6.34. The molecule has 2 aromatic rings. The van der Waals surface area contributed by atoms with Crippen LogP contribution in [0.25, 0.3) is 11.1 Å². The largest absolute Gasteiger partial charge is 0.493 e. The summed E-state index contributed by atoms with van der Waals surface area (Å²) in [6.07, 6.45) is 3.43. The minimum Gasteiger partial charge on any atom is -0.493 e. The van der Waals surface area contributed by atoms with Crippen LogP contribution >= 0.6 is 11.6 Å². The van der Waals surface area contributed by atoms with E-state index in [1.807, 2.05) is 63.2 Å². The second-order valence-electron chi connectivity index (χ2n) is 8.29. The molecule has 0 radical (unpaired) electrons. The number of rotatable bonds is 9. The maximum Gasteiger partial charge on any atom is 0.314 e. The van der Waals surface area contributed by atoms with E-state index in [9.17, 15) is 9.90 Å². The quantitative estimate of drug-likeness (QED) is 0.517. The van der Waals surface area contributed by atoms with Gasteiger partial charge in [-0.25, -0.2) is 0 Å². The minimum atomic E-state index is -1.01. The van der Waals surface area contributed by atoms with Gasteiger partial charge in [0.1, 0.15) is 5.75 Å². The second kappa shape index (κ2) is 8.57. The lowest BCUT2D eigenvalue weighted by atomic mass is 9.72. The Morgan fingerprint density at radius 3 is 2.46 bits per heavy atom. The maximum absolute atomic E-state index is 12.4. The summed E-state index contributed by atoms with van der Waals surface area (Å²) in [6.45, 7) is 6.70. The molecule has 1 saturated carbocycles. The average Bonchev–Trinajstić information content (AvgIpc) is 3.49. The smallest absolute Gasteiger partial charge is 0.314 e. The summed E-state index contributed by atoms with van der Waals surface area (Å²) in [5.74, 6) is 0.762. The topological polar surface area (TPSA) is 46.5 Å². The van der Waals surface area contributed by atoms with Crippen LogP contribution in [0.3, 0.4) is 0 Å². The number of halogens is 1. The van der Waals surface area contributed by atoms with E-state index >= 15 is 0 Å². The van der Waals surface area contributed by atoms with E-state index in [1.165, 1.54) is 12.8 Å². The number of hydrogen-bond acceptors (Lipinski definition) is 2. The molecule has 0 heterocycles. The first-order valence-electron chi connectivity index (χ1n) is 10.1. The Labute approximate surface area is 172 Å². The number of benzene rings is 2. The van der Waals surface area contributed by atoms with Crippen molar-refractivity contribution in [3.63, 3.8) is 0 Å². The van der Waals surface area contributed by atoms with Gasteiger partial charge in [0.15, 0.2) is 0 Å². The lowest BCUT2D eigenvalue weighted by Gasteiger charge is -2.32. The zero-order valence-corrected chi connectivity index (χ0v) is 17.6. The molecule has 1 N–H and O–H groups in total. The molecule has 150 valence electrons. The molecule has 0 amide bonds. The Bertz CT molecular complexity index is 827. The lowest BCUT2D eigenvalue weighted by molar-refractivity contribution is -0.144. The number of carboxylic acids is 1. The normalized spacial score (nSPS) is 16.0. The monoisotopic (exact) mass is 400 g/mol. The van der Waals surface area contributed by atoms with Crippen molar-refractivity contribution in [3.05, 3.63) is 53.1 Å². The molecule has 1 atom stereocenters. The van der Waals surface area contributed by atoms with Crippen molar-refractivity contribution in [1.29, 1.82) is 0 Å². The fraction of sp³-hybridized carbons (Fsp3) is 0.458. The van der Waals surface area contributed by atoms with Crippen LogP contribution in [0.4, 0.5) is 0 Å². The highest BCUT2D eigenvalue weighted by molar-refractivity contribution is 6.32. The van der Waals surface area contributed by atoms with Gasteiger partial charge in [-0.05, 0) is 60.8 Å². The third-order valence-corrected chi connectivity index (χ3v) is 5.92. The minimum absolute atomic E-state index is 0.234. The van der Waals surface area contributed by atoms with Gasteiger partial charge in [0.25, 0.3) is 0 Å². The third-order valence-electron chi connectivity index (χ3n) is 5.61. The molecule has 4 heteroatoms. The van der Waals surface area contributed by atoms with Gasteiger partial charge in [-0.3, -0.25) is 4.79 Å². The van der Waals surface area contributed by atoms with Crippen LogP contribution in [0.2, 0.25) is 5.02 Å². The number of carbonyl (C=O) groups is 1. The highest BCUT2D eigenvalue weighted by Crippen LogP contribution is 2.44. The standard InChI is InChI=1S/C24H29ClO3/c1-4-24(23(26)27,14-16(2)3)20-12-19(18-8-6-5-7-9-18)22(13-21(20)25)28-15-17-10-11-17/h5-9,12-13,16-17H,4,10-11,14-15H2,1-3H3,(H,26,27). The van der Waals surface area contributed by atoms with Crippen molar-refractivity contribution in [2.45, 2.75) is 51.9 Å². The highest BCUT2D eigenvalue weighted by Gasteiger charge is 2.41. The summed E-state index contributed by atoms with van der Waals surface area (Å²) in [5, 5.41) is 10.6. The summed E-state index contributed by atoms with van der Waals surface area (Å²) in [4.78, 5) is 12.4. The fourth-order valence-corrected chi connectivity index (χ4v) is 4.21. The van der Waals surface area contributed by atoms with Crippen LogP contribution in [0, 0.1) is 11.8 Å². The summed E-state index contributed by atoms with van der Waals surface area (Å²) in [7, 11) is 0. The molecule has 0 aromatic heterocycles. The van der Waals surface area contributed by atoms with Gasteiger partial charge < -0.3 is 9.84 Å². The summed E-state index contributed by atoms with van der Waals surface area (Å²) in [6, 6.07) is 13.7. The lowest BCUT2D eigenvalue weighted by Crippen LogP contribution is -2.37. The van der Waals surface area contributed by atoms with Gasteiger partial charge in [0.05, 0.1) is 12.0 Å². The Morgan fingerprint density at radius 1 is 1.25 bits per heavy atom. The summed E-state index contributed by atoms with van der Waals surface area (Å²) in [5.41, 5.74) is 1.58. The molecule has 1 aliphatic rings. The van der Waals surface area contributed by atoms with E-state index in [4.69, 9.17) is 16.3 Å². The van der Waals surface area contributed by atoms with Gasteiger partial charge in [0.2, 0.25) is 0 Å². The molecule has 1 aliphatic carbocycles. The molecular formula is C24H29ClO3. The molecule has 0 bridgehead atoms. The molecule has 28 heavy (non-hydrogen) atoms. The van der Waals surface area contributed by atoms with E-state index in [-0.39, 0.29) is 5.92 Å². The summed E-state index contributed by atoms with van der Waals surface area (Å²) >= 11 is 6.67. The first-order chi connectivity index (χ1) is 13.4. The van der Waals surface area contributed by atoms with Crippen LogP contribution < -0.4 is 4.74 Å². The molecule has 0 saturated heterocycles. The van der Waals surface area contributed by atoms with Gasteiger partial charge in [-0.15, -0.1) is 0 Å². The van der Waals surface area contributed by atoms with Crippen LogP contribution in [0.5, 0.6) is 5.75 Å². The Morgan fingerprint density at radius 2 is 1.93 bits per heavy atom. The molecule has 1 unspecified atom stereocenters. The van der Waals surface area contributed by atoms with E-state index in [2.05, 4.69) is 0 Å². The van der Waals surface area contributed by atoms with E-state index in [0.29, 0.717) is 36.0 Å². The first-order valence-corrected chi connectivity index (χ1v) is 10.5.